The van der Waals surface area contributed by atoms with Crippen molar-refractivity contribution in [3.63, 3.8) is 0 Å². The predicted molar refractivity (Wildman–Crippen MR) is 95.2 cm³/mol. The first kappa shape index (κ1) is 16.5. The van der Waals surface area contributed by atoms with Gasteiger partial charge in [0.1, 0.15) is 5.82 Å². The van der Waals surface area contributed by atoms with Gasteiger partial charge in [0.05, 0.1) is 25.0 Å². The third-order valence-electron chi connectivity index (χ3n) is 4.37. The van der Waals surface area contributed by atoms with E-state index >= 15 is 0 Å². The Bertz CT molecular complexity index is 938. The van der Waals surface area contributed by atoms with Crippen molar-refractivity contribution in [3.8, 4) is 0 Å². The standard InChI is InChI=1S/C20H18FN3O2/c21-16-6-3-4-14(10-16)12-24-13-17(11-22-24)23-20(25)19-18-7-2-1-5-15(18)8-9-26-19/h1-7,10-11,13,19H,8-9,12H2,(H,23,25)/t19-/m1/s1. The van der Waals surface area contributed by atoms with Gasteiger partial charge in [-0.05, 0) is 35.2 Å². The van der Waals surface area contributed by atoms with Crippen molar-refractivity contribution in [3.05, 3.63) is 83.4 Å². The van der Waals surface area contributed by atoms with Gasteiger partial charge < -0.3 is 10.1 Å². The molecule has 3 aromatic rings. The lowest BCUT2D eigenvalue weighted by atomic mass is 9.97. The fourth-order valence-electron chi connectivity index (χ4n) is 3.16. The molecule has 1 atom stereocenters. The van der Waals surface area contributed by atoms with E-state index in [0.29, 0.717) is 18.8 Å². The van der Waals surface area contributed by atoms with Crippen LogP contribution >= 0.6 is 0 Å². The summed E-state index contributed by atoms with van der Waals surface area (Å²) in [5, 5.41) is 7.07. The number of benzene rings is 2. The van der Waals surface area contributed by atoms with Gasteiger partial charge in [0, 0.05) is 6.20 Å². The van der Waals surface area contributed by atoms with Crippen LogP contribution in [0.25, 0.3) is 0 Å². The van der Waals surface area contributed by atoms with E-state index in [0.717, 1.165) is 23.1 Å². The van der Waals surface area contributed by atoms with Gasteiger partial charge in [-0.25, -0.2) is 4.39 Å². The van der Waals surface area contributed by atoms with Gasteiger partial charge in [-0.15, -0.1) is 0 Å². The van der Waals surface area contributed by atoms with Gasteiger partial charge in [0.2, 0.25) is 0 Å². The zero-order valence-electron chi connectivity index (χ0n) is 14.1. The number of anilines is 1. The second-order valence-electron chi connectivity index (χ2n) is 6.25. The number of aromatic nitrogens is 2. The molecule has 132 valence electrons. The number of rotatable bonds is 4. The highest BCUT2D eigenvalue weighted by atomic mass is 19.1. The lowest BCUT2D eigenvalue weighted by molar-refractivity contribution is -0.128. The van der Waals surface area contributed by atoms with Crippen LogP contribution in [0, 0.1) is 5.82 Å². The monoisotopic (exact) mass is 351 g/mol. The summed E-state index contributed by atoms with van der Waals surface area (Å²) in [6, 6.07) is 14.2. The second kappa shape index (κ2) is 7.09. The van der Waals surface area contributed by atoms with Gasteiger partial charge >= 0.3 is 0 Å². The topological polar surface area (TPSA) is 56.2 Å². The highest BCUT2D eigenvalue weighted by Crippen LogP contribution is 2.28. The largest absolute Gasteiger partial charge is 0.363 e. The average molecular weight is 351 g/mol. The number of carbonyl (C=O) groups excluding carboxylic acids is 1. The van der Waals surface area contributed by atoms with Gasteiger partial charge in [0.25, 0.3) is 5.91 Å². The Morgan fingerprint density at radius 2 is 2.15 bits per heavy atom. The summed E-state index contributed by atoms with van der Waals surface area (Å²) in [7, 11) is 0. The van der Waals surface area contributed by atoms with Crippen molar-refractivity contribution in [2.45, 2.75) is 19.1 Å². The molecule has 1 aliphatic rings. The Hall–Kier alpha value is -2.99. The van der Waals surface area contributed by atoms with Crippen LogP contribution in [0.4, 0.5) is 10.1 Å². The summed E-state index contributed by atoms with van der Waals surface area (Å²) in [6.07, 6.45) is 3.49. The van der Waals surface area contributed by atoms with Crippen molar-refractivity contribution in [2.24, 2.45) is 0 Å². The number of amides is 1. The molecule has 1 amide bonds. The summed E-state index contributed by atoms with van der Waals surface area (Å²) in [6.45, 7) is 0.949. The number of nitrogens with zero attached hydrogens (tertiary/aromatic N) is 2. The molecule has 2 heterocycles. The molecule has 5 nitrogen and oxygen atoms in total. The molecule has 26 heavy (non-hydrogen) atoms. The zero-order chi connectivity index (χ0) is 17.9. The first-order valence-electron chi connectivity index (χ1n) is 8.46. The van der Waals surface area contributed by atoms with E-state index in [-0.39, 0.29) is 11.7 Å². The Labute approximate surface area is 150 Å². The summed E-state index contributed by atoms with van der Waals surface area (Å²) in [5.74, 6) is -0.501. The van der Waals surface area contributed by atoms with Crippen LogP contribution in [0.1, 0.15) is 22.8 Å². The third-order valence-corrected chi connectivity index (χ3v) is 4.37. The highest BCUT2D eigenvalue weighted by Gasteiger charge is 2.27. The van der Waals surface area contributed by atoms with Gasteiger partial charge in [-0.1, -0.05) is 36.4 Å². The molecule has 0 radical (unpaired) electrons. The Morgan fingerprint density at radius 3 is 3.04 bits per heavy atom. The molecule has 1 aliphatic heterocycles. The number of nitrogens with one attached hydrogen (secondary N) is 1. The van der Waals surface area contributed by atoms with E-state index in [1.165, 1.54) is 12.1 Å². The number of halogens is 1. The van der Waals surface area contributed by atoms with Crippen LogP contribution in [-0.2, 0) is 22.5 Å². The minimum atomic E-state index is -0.619. The first-order valence-corrected chi connectivity index (χ1v) is 8.46. The van der Waals surface area contributed by atoms with E-state index in [2.05, 4.69) is 10.4 Å². The maximum absolute atomic E-state index is 13.3. The number of hydrogen-bond donors (Lipinski definition) is 1. The molecule has 0 bridgehead atoms. The van der Waals surface area contributed by atoms with Gasteiger partial charge in [-0.3, -0.25) is 9.48 Å². The molecule has 2 aromatic carbocycles. The van der Waals surface area contributed by atoms with E-state index < -0.39 is 6.10 Å². The van der Waals surface area contributed by atoms with Crippen LogP contribution in [0.3, 0.4) is 0 Å². The number of carbonyl (C=O) groups is 1. The third kappa shape index (κ3) is 3.50. The van der Waals surface area contributed by atoms with Crippen LogP contribution in [-0.4, -0.2) is 22.3 Å². The smallest absolute Gasteiger partial charge is 0.258 e. The summed E-state index contributed by atoms with van der Waals surface area (Å²) in [4.78, 5) is 12.6. The lowest BCUT2D eigenvalue weighted by Crippen LogP contribution is -2.28. The predicted octanol–water partition coefficient (Wildman–Crippen LogP) is 3.32. The number of fused-ring (bicyclic) bond motifs is 1. The Morgan fingerprint density at radius 1 is 1.27 bits per heavy atom. The molecule has 0 saturated heterocycles. The van der Waals surface area contributed by atoms with E-state index in [1.54, 1.807) is 23.1 Å². The fourth-order valence-corrected chi connectivity index (χ4v) is 3.16. The SMILES string of the molecule is O=C(Nc1cnn(Cc2cccc(F)c2)c1)[C@@H]1OCCc2ccccc21. The Balaban J connectivity index is 1.45. The zero-order valence-corrected chi connectivity index (χ0v) is 14.1. The van der Waals surface area contributed by atoms with E-state index in [4.69, 9.17) is 4.74 Å². The van der Waals surface area contributed by atoms with Crippen molar-refractivity contribution in [2.75, 3.05) is 11.9 Å². The van der Waals surface area contributed by atoms with Crippen LogP contribution in [0.2, 0.25) is 0 Å². The van der Waals surface area contributed by atoms with Crippen LogP contribution in [0.15, 0.2) is 60.9 Å². The van der Waals surface area contributed by atoms with Gasteiger partial charge in [0.15, 0.2) is 6.10 Å². The molecular weight excluding hydrogens is 333 g/mol. The summed E-state index contributed by atoms with van der Waals surface area (Å²) < 4.78 is 20.6. The van der Waals surface area contributed by atoms with Crippen LogP contribution in [0.5, 0.6) is 0 Å². The van der Waals surface area contributed by atoms with E-state index in [9.17, 15) is 9.18 Å². The molecule has 6 heteroatoms. The highest BCUT2D eigenvalue weighted by molar-refractivity contribution is 5.95. The van der Waals surface area contributed by atoms with Crippen molar-refractivity contribution >= 4 is 11.6 Å². The minimum absolute atomic E-state index is 0.220. The Kier molecular flexibility index (Phi) is 4.50. The van der Waals surface area contributed by atoms with Crippen molar-refractivity contribution < 1.29 is 13.9 Å². The molecule has 0 fully saturated rings. The maximum Gasteiger partial charge on any atom is 0.258 e. The second-order valence-corrected chi connectivity index (χ2v) is 6.25. The molecule has 0 saturated carbocycles. The summed E-state index contributed by atoms with van der Waals surface area (Å²) in [5.41, 5.74) is 3.43. The molecular formula is C20H18FN3O2. The molecule has 0 aliphatic carbocycles. The molecule has 1 aromatic heterocycles. The van der Waals surface area contributed by atoms with Crippen molar-refractivity contribution in [1.82, 2.24) is 9.78 Å². The summed E-state index contributed by atoms with van der Waals surface area (Å²) >= 11 is 0. The first-order chi connectivity index (χ1) is 12.7. The average Bonchev–Trinajstić information content (AvgIpc) is 3.08. The number of hydrogen-bond acceptors (Lipinski definition) is 3. The van der Waals surface area contributed by atoms with Crippen molar-refractivity contribution in [1.29, 1.82) is 0 Å². The molecule has 1 N–H and O–H groups in total. The molecule has 0 unspecified atom stereocenters. The normalized spacial score (nSPS) is 16.1. The quantitative estimate of drug-likeness (QED) is 0.784. The molecule has 0 spiro atoms. The lowest BCUT2D eigenvalue weighted by Gasteiger charge is -2.24. The minimum Gasteiger partial charge on any atom is -0.363 e. The fraction of sp³-hybridized carbons (Fsp3) is 0.200. The van der Waals surface area contributed by atoms with E-state index in [1.807, 2.05) is 30.3 Å². The molecule has 4 rings (SSSR count). The maximum atomic E-state index is 13.3. The number of ether oxygens (including phenoxy) is 1. The van der Waals surface area contributed by atoms with Crippen LogP contribution < -0.4 is 5.32 Å². The van der Waals surface area contributed by atoms with Gasteiger partial charge in [-0.2, -0.15) is 5.10 Å².